The number of carboxylic acids is 2. The molecule has 0 bridgehead atoms. The standard InChI is InChI=1S/2C5H11NO2Se/c2*1-9-3-2-4(6)5(7)8/h2*4H,2-3,6H2,1H3,(H,7,8)/t2*4-/m00/s1. The maximum absolute atomic E-state index is 10.1. The zero-order valence-corrected chi connectivity index (χ0v) is 14.1. The molecule has 0 saturated carbocycles. The zero-order valence-electron chi connectivity index (χ0n) is 10.7. The van der Waals surface area contributed by atoms with Gasteiger partial charge in [-0.3, -0.25) is 0 Å². The first-order valence-corrected chi connectivity index (χ1v) is 11.2. The Kier molecular flexibility index (Phi) is 15.0. The van der Waals surface area contributed by atoms with Crippen LogP contribution in [0.15, 0.2) is 0 Å². The second kappa shape index (κ2) is 13.3. The fourth-order valence-corrected chi connectivity index (χ4v) is 2.79. The van der Waals surface area contributed by atoms with Crippen LogP contribution in [0.3, 0.4) is 0 Å². The van der Waals surface area contributed by atoms with Crippen molar-refractivity contribution in [3.05, 3.63) is 0 Å². The topological polar surface area (TPSA) is 127 Å². The first-order chi connectivity index (χ1) is 8.36. The first-order valence-electron chi connectivity index (χ1n) is 5.31. The molecule has 0 aromatic heterocycles. The Morgan fingerprint density at radius 1 is 0.944 bits per heavy atom. The van der Waals surface area contributed by atoms with E-state index in [1.54, 1.807) is 0 Å². The molecule has 0 rings (SSSR count). The molecule has 0 saturated heterocycles. The van der Waals surface area contributed by atoms with E-state index in [9.17, 15) is 9.59 Å². The Hall–Kier alpha value is -0.101. The Labute approximate surface area is 120 Å². The summed E-state index contributed by atoms with van der Waals surface area (Å²) in [6, 6.07) is -1.29. The van der Waals surface area contributed by atoms with Crippen LogP contribution in [0.1, 0.15) is 12.8 Å². The van der Waals surface area contributed by atoms with E-state index in [0.717, 1.165) is 10.6 Å². The van der Waals surface area contributed by atoms with Crippen LogP contribution in [-0.4, -0.2) is 64.1 Å². The van der Waals surface area contributed by atoms with Crippen molar-refractivity contribution in [1.82, 2.24) is 0 Å². The number of rotatable bonds is 8. The third-order valence-electron chi connectivity index (χ3n) is 1.90. The molecule has 108 valence electrons. The summed E-state index contributed by atoms with van der Waals surface area (Å²) in [6.07, 6.45) is 1.23. The molecule has 0 unspecified atom stereocenters. The van der Waals surface area contributed by atoms with Gasteiger partial charge in [-0.15, -0.1) is 0 Å². The molecule has 8 heteroatoms. The van der Waals surface area contributed by atoms with Crippen LogP contribution >= 0.6 is 0 Å². The van der Waals surface area contributed by atoms with E-state index < -0.39 is 24.0 Å². The zero-order chi connectivity index (χ0) is 14.6. The molecule has 0 radical (unpaired) electrons. The van der Waals surface area contributed by atoms with Crippen molar-refractivity contribution in [2.75, 3.05) is 0 Å². The van der Waals surface area contributed by atoms with Crippen molar-refractivity contribution >= 4 is 41.9 Å². The molecule has 0 aromatic carbocycles. The summed E-state index contributed by atoms with van der Waals surface area (Å²) in [4.78, 5) is 20.2. The molecule has 2 atom stereocenters. The molecule has 6 N–H and O–H groups in total. The van der Waals surface area contributed by atoms with Crippen LogP contribution < -0.4 is 11.5 Å². The fraction of sp³-hybridized carbons (Fsp3) is 0.800. The van der Waals surface area contributed by atoms with Gasteiger partial charge in [0.25, 0.3) is 0 Å². The average molecular weight is 392 g/mol. The van der Waals surface area contributed by atoms with Gasteiger partial charge in [0.15, 0.2) is 0 Å². The van der Waals surface area contributed by atoms with E-state index in [1.165, 1.54) is 0 Å². The minimum absolute atomic E-state index is 0.549. The van der Waals surface area contributed by atoms with Gasteiger partial charge in [0, 0.05) is 0 Å². The van der Waals surface area contributed by atoms with Crippen molar-refractivity contribution < 1.29 is 19.8 Å². The molecular formula is C10H22N2O4Se2. The molecule has 0 aliphatic heterocycles. The van der Waals surface area contributed by atoms with E-state index >= 15 is 0 Å². The second-order valence-electron chi connectivity index (χ2n) is 3.45. The van der Waals surface area contributed by atoms with Crippen molar-refractivity contribution in [2.24, 2.45) is 11.5 Å². The summed E-state index contributed by atoms with van der Waals surface area (Å²) in [5.74, 6) is 2.36. The van der Waals surface area contributed by atoms with Crippen LogP contribution in [0.4, 0.5) is 0 Å². The summed E-state index contributed by atoms with van der Waals surface area (Å²) in [6.45, 7) is 0. The quantitative estimate of drug-likeness (QED) is 0.428. The number of carboxylic acid groups (broad SMARTS) is 2. The van der Waals surface area contributed by atoms with Gasteiger partial charge in [-0.25, -0.2) is 0 Å². The molecule has 0 aliphatic carbocycles. The molecule has 6 nitrogen and oxygen atoms in total. The van der Waals surface area contributed by atoms with Gasteiger partial charge >= 0.3 is 120 Å². The summed E-state index contributed by atoms with van der Waals surface area (Å²) in [5, 5.41) is 18.5. The van der Waals surface area contributed by atoms with Gasteiger partial charge in [0.05, 0.1) is 0 Å². The van der Waals surface area contributed by atoms with E-state index in [0.29, 0.717) is 42.8 Å². The number of carbonyl (C=O) groups is 2. The van der Waals surface area contributed by atoms with Crippen LogP contribution in [-0.2, 0) is 9.59 Å². The summed E-state index contributed by atoms with van der Waals surface area (Å²) < 4.78 is 0. The molecular weight excluding hydrogens is 370 g/mol. The van der Waals surface area contributed by atoms with Gasteiger partial charge in [-0.1, -0.05) is 0 Å². The minimum atomic E-state index is -0.890. The second-order valence-corrected chi connectivity index (χ2v) is 7.59. The van der Waals surface area contributed by atoms with Gasteiger partial charge in [-0.2, -0.15) is 0 Å². The monoisotopic (exact) mass is 394 g/mol. The Balaban J connectivity index is 0. The van der Waals surface area contributed by atoms with Crippen LogP contribution in [0.25, 0.3) is 0 Å². The number of hydrogen-bond acceptors (Lipinski definition) is 4. The number of nitrogens with two attached hydrogens (primary N) is 2. The summed E-state index contributed by atoms with van der Waals surface area (Å²) in [5.41, 5.74) is 10.4. The normalized spacial score (nSPS) is 13.1. The molecule has 0 spiro atoms. The van der Waals surface area contributed by atoms with Crippen molar-refractivity contribution in [3.8, 4) is 0 Å². The molecule has 0 aromatic rings. The van der Waals surface area contributed by atoms with E-state index in [4.69, 9.17) is 21.7 Å². The van der Waals surface area contributed by atoms with Crippen molar-refractivity contribution in [2.45, 2.75) is 47.2 Å². The van der Waals surface area contributed by atoms with Gasteiger partial charge in [-0.05, 0) is 0 Å². The predicted molar refractivity (Wildman–Crippen MR) is 73.3 cm³/mol. The Morgan fingerprint density at radius 3 is 1.39 bits per heavy atom. The maximum atomic E-state index is 10.1. The van der Waals surface area contributed by atoms with E-state index in [1.807, 2.05) is 0 Å². The van der Waals surface area contributed by atoms with Gasteiger partial charge in [0.2, 0.25) is 0 Å². The van der Waals surface area contributed by atoms with Gasteiger partial charge in [0.1, 0.15) is 0 Å². The summed E-state index contributed by atoms with van der Waals surface area (Å²) >= 11 is 1.10. The Morgan fingerprint density at radius 2 is 1.22 bits per heavy atom. The van der Waals surface area contributed by atoms with Crippen molar-refractivity contribution in [1.29, 1.82) is 0 Å². The third-order valence-corrected chi connectivity index (χ3v) is 4.60. The first kappa shape index (κ1) is 20.2. The molecule has 18 heavy (non-hydrogen) atoms. The molecule has 0 amide bonds. The van der Waals surface area contributed by atoms with Crippen LogP contribution in [0.2, 0.25) is 22.3 Å². The van der Waals surface area contributed by atoms with E-state index in [-0.39, 0.29) is 0 Å². The number of hydrogen-bond donors (Lipinski definition) is 4. The number of aliphatic carboxylic acids is 2. The SMILES string of the molecule is C[Se]CC[C@H](N)C(=O)O.C[Se]CC[C@H](N)C(=O)O. The third kappa shape index (κ3) is 14.0. The van der Waals surface area contributed by atoms with Crippen LogP contribution in [0.5, 0.6) is 0 Å². The Bertz CT molecular complexity index is 218. The average Bonchev–Trinajstić information content (AvgIpc) is 2.33. The summed E-state index contributed by atoms with van der Waals surface area (Å²) in [7, 11) is 0. The van der Waals surface area contributed by atoms with Crippen LogP contribution in [0, 0.1) is 0 Å². The van der Waals surface area contributed by atoms with E-state index in [2.05, 4.69) is 11.6 Å². The molecule has 0 fully saturated rings. The van der Waals surface area contributed by atoms with Crippen molar-refractivity contribution in [3.63, 3.8) is 0 Å². The predicted octanol–water partition coefficient (Wildman–Crippen LogP) is -0.0820. The molecule has 0 aliphatic rings. The molecule has 0 heterocycles. The van der Waals surface area contributed by atoms with Gasteiger partial charge < -0.3 is 0 Å². The fourth-order valence-electron chi connectivity index (χ4n) is 0.737.